The maximum absolute atomic E-state index is 12.6. The van der Waals surface area contributed by atoms with Crippen molar-refractivity contribution in [3.05, 3.63) is 87.5 Å². The third-order valence-corrected chi connectivity index (χ3v) is 9.23. The van der Waals surface area contributed by atoms with Crippen LogP contribution in [0.5, 0.6) is 11.5 Å². The molecule has 2 N–H and O–H groups in total. The molecule has 52 heavy (non-hydrogen) atoms. The van der Waals surface area contributed by atoms with E-state index < -0.39 is 29.2 Å². The molecule has 0 spiro atoms. The number of Topliss-reactive ketones (excluding diaryl/α,β-unsaturated/α-hetero) is 1. The van der Waals surface area contributed by atoms with E-state index in [1.807, 2.05) is 12.2 Å². The highest BCUT2D eigenvalue weighted by Crippen LogP contribution is 2.38. The first kappa shape index (κ1) is 41.9. The first-order valence-corrected chi connectivity index (χ1v) is 18.2. The number of unbranched alkanes of at least 4 members (excludes halogenated alkanes) is 5. The largest absolute Gasteiger partial charge is 0.493 e. The van der Waals surface area contributed by atoms with Crippen molar-refractivity contribution in [1.29, 1.82) is 0 Å². The van der Waals surface area contributed by atoms with Gasteiger partial charge in [-0.1, -0.05) is 75.1 Å². The Bertz CT molecular complexity index is 1490. The maximum Gasteiger partial charge on any atom is 0.331 e. The SMILES string of the molecule is CCCCCCCC(=O)CC[C@@H]1[C@@H](C/C=C\CCCC(=O)Oc2ccc(/C=C/C(=O)OCc3ccc(CO[N+](=O)[O-])cc3)cc2OC)[C@@H](O)C[C@H]1O. The van der Waals surface area contributed by atoms with Gasteiger partial charge in [0.1, 0.15) is 19.0 Å². The van der Waals surface area contributed by atoms with Gasteiger partial charge in [-0.25, -0.2) is 4.79 Å². The second-order valence-electron chi connectivity index (χ2n) is 13.2. The zero-order valence-corrected chi connectivity index (χ0v) is 30.3. The fourth-order valence-electron chi connectivity index (χ4n) is 6.29. The van der Waals surface area contributed by atoms with Crippen LogP contribution in [0.1, 0.15) is 107 Å². The number of aliphatic hydroxyl groups is 2. The van der Waals surface area contributed by atoms with Crippen LogP contribution in [0.2, 0.25) is 0 Å². The van der Waals surface area contributed by atoms with Gasteiger partial charge in [-0.2, -0.15) is 0 Å². The molecule has 0 aromatic heterocycles. The van der Waals surface area contributed by atoms with Gasteiger partial charge in [-0.15, -0.1) is 10.1 Å². The number of carbonyl (C=O) groups excluding carboxylic acids is 3. The van der Waals surface area contributed by atoms with Crippen LogP contribution < -0.4 is 9.47 Å². The van der Waals surface area contributed by atoms with Crippen LogP contribution in [0.15, 0.2) is 60.7 Å². The standard InChI is InChI=1S/C40H53NO11/c1-3-4-5-6-9-12-32(42)21-22-34-33(35(43)26-36(34)44)13-10-7-8-11-14-40(46)52-37-23-19-29(25-38(37)49-2)20-24-39(45)50-27-30-15-17-31(18-16-30)28-51-41(47)48/h7,10,15-20,23-25,33-36,43-44H,3-6,8-9,11-14,21-22,26-28H2,1-2H3/b10-7-,24-20+/t33-,34-,35+,36-/m1/s1. The van der Waals surface area contributed by atoms with Gasteiger partial charge in [0.05, 0.1) is 19.3 Å². The quantitative estimate of drug-likeness (QED) is 0.0213. The summed E-state index contributed by atoms with van der Waals surface area (Å²) in [6.45, 7) is 2.02. The number of rotatable bonds is 24. The number of hydrogen-bond donors (Lipinski definition) is 2. The van der Waals surface area contributed by atoms with Crippen molar-refractivity contribution in [2.45, 2.75) is 116 Å². The lowest BCUT2D eigenvalue weighted by Crippen LogP contribution is -2.22. The number of methoxy groups -OCH3 is 1. The molecular weight excluding hydrogens is 670 g/mol. The summed E-state index contributed by atoms with van der Waals surface area (Å²) in [5.41, 5.74) is 1.94. The van der Waals surface area contributed by atoms with Gasteiger partial charge < -0.3 is 29.3 Å². The number of benzene rings is 2. The van der Waals surface area contributed by atoms with Crippen LogP contribution >= 0.6 is 0 Å². The van der Waals surface area contributed by atoms with Crippen molar-refractivity contribution in [3.8, 4) is 11.5 Å². The Kier molecular flexibility index (Phi) is 18.6. The van der Waals surface area contributed by atoms with Crippen molar-refractivity contribution < 1.29 is 48.7 Å². The molecule has 1 fully saturated rings. The van der Waals surface area contributed by atoms with Crippen LogP contribution in [0.25, 0.3) is 6.08 Å². The van der Waals surface area contributed by atoms with Gasteiger partial charge in [0.2, 0.25) is 0 Å². The summed E-state index contributed by atoms with van der Waals surface area (Å²) in [7, 11) is 1.45. The van der Waals surface area contributed by atoms with Crippen LogP contribution in [0, 0.1) is 22.0 Å². The number of aliphatic hydroxyl groups excluding tert-OH is 2. The van der Waals surface area contributed by atoms with E-state index in [9.17, 15) is 34.7 Å². The molecule has 0 saturated heterocycles. The predicted molar refractivity (Wildman–Crippen MR) is 195 cm³/mol. The molecule has 0 aliphatic heterocycles. The Morgan fingerprint density at radius 1 is 0.865 bits per heavy atom. The minimum Gasteiger partial charge on any atom is -0.493 e. The number of ether oxygens (including phenoxy) is 3. The van der Waals surface area contributed by atoms with Crippen molar-refractivity contribution in [1.82, 2.24) is 0 Å². The molecule has 284 valence electrons. The van der Waals surface area contributed by atoms with Gasteiger partial charge >= 0.3 is 11.9 Å². The Balaban J connectivity index is 1.37. The summed E-state index contributed by atoms with van der Waals surface area (Å²) >= 11 is 0. The van der Waals surface area contributed by atoms with Gasteiger partial charge in [-0.05, 0) is 85.3 Å². The van der Waals surface area contributed by atoms with Gasteiger partial charge in [0.15, 0.2) is 11.5 Å². The van der Waals surface area contributed by atoms with E-state index in [0.29, 0.717) is 67.4 Å². The van der Waals surface area contributed by atoms with E-state index in [2.05, 4.69) is 11.8 Å². The highest BCUT2D eigenvalue weighted by Gasteiger charge is 2.40. The molecule has 0 heterocycles. The molecule has 0 amide bonds. The third-order valence-electron chi connectivity index (χ3n) is 9.23. The number of carbonyl (C=O) groups is 3. The fourth-order valence-corrected chi connectivity index (χ4v) is 6.29. The van der Waals surface area contributed by atoms with Gasteiger partial charge in [0, 0.05) is 25.3 Å². The summed E-state index contributed by atoms with van der Waals surface area (Å²) < 4.78 is 16.2. The summed E-state index contributed by atoms with van der Waals surface area (Å²) in [5, 5.41) is 30.5. The molecule has 0 unspecified atom stereocenters. The Morgan fingerprint density at radius 2 is 1.58 bits per heavy atom. The second-order valence-corrected chi connectivity index (χ2v) is 13.2. The molecule has 1 saturated carbocycles. The third kappa shape index (κ3) is 15.4. The van der Waals surface area contributed by atoms with E-state index in [0.717, 1.165) is 19.3 Å². The average molecular weight is 724 g/mol. The highest BCUT2D eigenvalue weighted by atomic mass is 16.9. The Morgan fingerprint density at radius 3 is 2.29 bits per heavy atom. The van der Waals surface area contributed by atoms with Crippen LogP contribution in [-0.4, -0.2) is 52.3 Å². The Labute approximate surface area is 305 Å². The number of esters is 2. The molecule has 0 bridgehead atoms. The fraction of sp³-hybridized carbons (Fsp3) is 0.525. The lowest BCUT2D eigenvalue weighted by atomic mass is 9.86. The average Bonchev–Trinajstić information content (AvgIpc) is 3.40. The van der Waals surface area contributed by atoms with E-state index in [1.165, 1.54) is 26.0 Å². The minimum absolute atomic E-state index is 0.0182. The van der Waals surface area contributed by atoms with Crippen LogP contribution in [0.4, 0.5) is 0 Å². The van der Waals surface area contributed by atoms with Gasteiger partial charge in [0.25, 0.3) is 5.09 Å². The molecular formula is C40H53NO11. The highest BCUT2D eigenvalue weighted by molar-refractivity contribution is 5.87. The van der Waals surface area contributed by atoms with Crippen LogP contribution in [0.3, 0.4) is 0 Å². The summed E-state index contributed by atoms with van der Waals surface area (Å²) in [4.78, 5) is 51.8. The topological polar surface area (TPSA) is 172 Å². The lowest BCUT2D eigenvalue weighted by Gasteiger charge is -2.22. The van der Waals surface area contributed by atoms with Crippen molar-refractivity contribution in [3.63, 3.8) is 0 Å². The molecule has 0 radical (unpaired) electrons. The van der Waals surface area contributed by atoms with Crippen molar-refractivity contribution in [2.24, 2.45) is 11.8 Å². The molecule has 2 aromatic rings. The van der Waals surface area contributed by atoms with Crippen LogP contribution in [-0.2, 0) is 37.2 Å². The smallest absolute Gasteiger partial charge is 0.331 e. The molecule has 1 aliphatic carbocycles. The number of nitrogens with zero attached hydrogens (tertiary/aromatic N) is 1. The second kappa shape index (κ2) is 23.1. The first-order valence-electron chi connectivity index (χ1n) is 18.2. The molecule has 3 rings (SSSR count). The maximum atomic E-state index is 12.6. The predicted octanol–water partition coefficient (Wildman–Crippen LogP) is 7.25. The molecule has 12 nitrogen and oxygen atoms in total. The zero-order chi connectivity index (χ0) is 37.7. The zero-order valence-electron chi connectivity index (χ0n) is 30.3. The van der Waals surface area contributed by atoms with E-state index >= 15 is 0 Å². The Hall–Kier alpha value is -4.55. The first-order chi connectivity index (χ1) is 25.1. The van der Waals surface area contributed by atoms with Crippen molar-refractivity contribution >= 4 is 23.8 Å². The lowest BCUT2D eigenvalue weighted by molar-refractivity contribution is -0.763. The monoisotopic (exact) mass is 723 g/mol. The molecule has 4 atom stereocenters. The summed E-state index contributed by atoms with van der Waals surface area (Å²) in [5.74, 6) is -0.375. The van der Waals surface area contributed by atoms with E-state index in [1.54, 1.807) is 48.5 Å². The van der Waals surface area contributed by atoms with Crippen molar-refractivity contribution in [2.75, 3.05) is 7.11 Å². The summed E-state index contributed by atoms with van der Waals surface area (Å²) in [6, 6.07) is 11.6. The number of allylic oxidation sites excluding steroid dienone is 2. The summed E-state index contributed by atoms with van der Waals surface area (Å²) in [6.07, 6.45) is 15.0. The van der Waals surface area contributed by atoms with E-state index in [-0.39, 0.29) is 43.0 Å². The molecule has 12 heteroatoms. The van der Waals surface area contributed by atoms with E-state index in [4.69, 9.17) is 14.2 Å². The normalized spacial score (nSPS) is 18.5. The molecule has 2 aromatic carbocycles. The molecule has 1 aliphatic rings. The number of hydrogen-bond acceptors (Lipinski definition) is 11. The number of ketones is 1. The van der Waals surface area contributed by atoms with Gasteiger partial charge in [-0.3, -0.25) is 9.59 Å². The minimum atomic E-state index is -0.862.